The van der Waals surface area contributed by atoms with E-state index in [4.69, 9.17) is 5.11 Å². The first-order chi connectivity index (χ1) is 17.7. The maximum atomic E-state index is 15.0. The minimum absolute atomic E-state index is 0.0228. The molecule has 5 atom stereocenters. The second-order valence-electron chi connectivity index (χ2n) is 11.3. The highest BCUT2D eigenvalue weighted by molar-refractivity contribution is 5.93. The summed E-state index contributed by atoms with van der Waals surface area (Å²) >= 11 is 0. The van der Waals surface area contributed by atoms with Crippen molar-refractivity contribution in [1.29, 1.82) is 0 Å². The normalized spacial score (nSPS) is 33.6. The SMILES string of the molecule is C[C@]12C[C@H](c3ccc(C=CC(=O)O)cc3)C3=C4CCC(=O)C=C4CC[C@H]3[C@@H]1CC[C@@]2(O)C(F)(F)C(F)(F)F. The Morgan fingerprint density at radius 1 is 1.05 bits per heavy atom. The monoisotopic (exact) mass is 536 g/mol. The Hall–Kier alpha value is -2.81. The number of hydrogen-bond donors (Lipinski definition) is 2. The quantitative estimate of drug-likeness (QED) is 0.335. The molecule has 1 aromatic carbocycles. The maximum Gasteiger partial charge on any atom is 0.456 e. The number of ketones is 1. The zero-order chi connectivity index (χ0) is 27.7. The molecule has 0 bridgehead atoms. The Kier molecular flexibility index (Phi) is 6.25. The van der Waals surface area contributed by atoms with Gasteiger partial charge in [-0.1, -0.05) is 36.8 Å². The Morgan fingerprint density at radius 2 is 1.74 bits per heavy atom. The lowest BCUT2D eigenvalue weighted by Gasteiger charge is -2.56. The summed E-state index contributed by atoms with van der Waals surface area (Å²) in [4.78, 5) is 23.0. The number of allylic oxidation sites excluding steroid dienone is 4. The molecule has 0 aromatic heterocycles. The van der Waals surface area contributed by atoms with Gasteiger partial charge in [0, 0.05) is 23.8 Å². The lowest BCUT2D eigenvalue weighted by Crippen LogP contribution is -2.65. The molecule has 2 saturated carbocycles. The van der Waals surface area contributed by atoms with Crippen molar-refractivity contribution in [2.45, 2.75) is 75.5 Å². The standard InChI is InChI=1S/C29H29F5O4/c1-26-15-22(17-5-2-16(3-6-17)4-11-24(36)37)25-20-10-8-19(35)14-18(20)7-9-21(25)23(26)12-13-27(26,38)28(30,31)29(32,33)34/h2-6,11,14,21-23,38H,7-10,12-13,15H2,1H3,(H,36,37)/t21-,22+,23-,26-,27-/m0/s1. The number of aliphatic hydroxyl groups is 1. The van der Waals surface area contributed by atoms with E-state index in [-0.39, 0.29) is 24.5 Å². The number of rotatable bonds is 4. The molecule has 0 heterocycles. The van der Waals surface area contributed by atoms with Crippen molar-refractivity contribution in [3.63, 3.8) is 0 Å². The van der Waals surface area contributed by atoms with Gasteiger partial charge in [0.05, 0.1) is 0 Å². The lowest BCUT2D eigenvalue weighted by atomic mass is 9.50. The van der Waals surface area contributed by atoms with Gasteiger partial charge in [0.1, 0.15) is 5.60 Å². The van der Waals surface area contributed by atoms with Gasteiger partial charge in [-0.25, -0.2) is 4.79 Å². The Labute approximate surface area is 216 Å². The van der Waals surface area contributed by atoms with Crippen LogP contribution >= 0.6 is 0 Å². The number of hydrogen-bond acceptors (Lipinski definition) is 3. The molecular weight excluding hydrogens is 507 g/mol. The van der Waals surface area contributed by atoms with Crippen LogP contribution in [0.1, 0.15) is 68.9 Å². The van der Waals surface area contributed by atoms with E-state index in [2.05, 4.69) is 0 Å². The number of alkyl halides is 5. The molecule has 0 unspecified atom stereocenters. The van der Waals surface area contributed by atoms with Crippen LogP contribution in [0.3, 0.4) is 0 Å². The smallest absolute Gasteiger partial charge is 0.456 e. The fourth-order valence-electron chi connectivity index (χ4n) is 7.72. The number of carboxylic acid groups (broad SMARTS) is 1. The number of halogens is 5. The molecule has 0 amide bonds. The lowest BCUT2D eigenvalue weighted by molar-refractivity contribution is -0.362. The number of carboxylic acids is 1. The first kappa shape index (κ1) is 26.8. The summed E-state index contributed by atoms with van der Waals surface area (Å²) in [6, 6.07) is 6.84. The number of fused-ring (bicyclic) bond motifs is 4. The first-order valence-corrected chi connectivity index (χ1v) is 12.8. The second-order valence-corrected chi connectivity index (χ2v) is 11.3. The van der Waals surface area contributed by atoms with E-state index in [9.17, 15) is 27.9 Å². The van der Waals surface area contributed by atoms with Gasteiger partial charge in [0.25, 0.3) is 0 Å². The van der Waals surface area contributed by atoms with Crippen molar-refractivity contribution in [2.24, 2.45) is 17.3 Å². The van der Waals surface area contributed by atoms with Crippen LogP contribution in [0.25, 0.3) is 6.08 Å². The molecule has 0 radical (unpaired) electrons. The first-order valence-electron chi connectivity index (χ1n) is 12.8. The van der Waals surface area contributed by atoms with Crippen LogP contribution in [0, 0.1) is 17.3 Å². The summed E-state index contributed by atoms with van der Waals surface area (Å²) in [6.45, 7) is 1.39. The highest BCUT2D eigenvalue weighted by Crippen LogP contribution is 2.70. The van der Waals surface area contributed by atoms with Gasteiger partial charge in [-0.15, -0.1) is 0 Å². The molecule has 9 heteroatoms. The molecule has 0 aliphatic heterocycles. The average molecular weight is 537 g/mol. The highest BCUT2D eigenvalue weighted by Gasteiger charge is 2.79. The van der Waals surface area contributed by atoms with Crippen LogP contribution in [-0.4, -0.2) is 39.7 Å². The van der Waals surface area contributed by atoms with Gasteiger partial charge < -0.3 is 10.2 Å². The summed E-state index contributed by atoms with van der Waals surface area (Å²) < 4.78 is 70.9. The molecule has 1 aromatic rings. The molecule has 0 spiro atoms. The van der Waals surface area contributed by atoms with Crippen LogP contribution in [0.4, 0.5) is 22.0 Å². The molecule has 204 valence electrons. The van der Waals surface area contributed by atoms with Crippen LogP contribution in [0.5, 0.6) is 0 Å². The third-order valence-electron chi connectivity index (χ3n) is 9.52. The third-order valence-corrected chi connectivity index (χ3v) is 9.52. The molecule has 4 nitrogen and oxygen atoms in total. The number of aliphatic carboxylic acids is 1. The summed E-state index contributed by atoms with van der Waals surface area (Å²) in [5, 5.41) is 20.2. The third kappa shape index (κ3) is 3.88. The van der Waals surface area contributed by atoms with Crippen molar-refractivity contribution in [3.05, 3.63) is 64.3 Å². The molecule has 4 aliphatic carbocycles. The van der Waals surface area contributed by atoms with Gasteiger partial charge in [0.2, 0.25) is 0 Å². The molecular formula is C29H29F5O4. The number of carbonyl (C=O) groups excluding carboxylic acids is 1. The predicted molar refractivity (Wildman–Crippen MR) is 129 cm³/mol. The number of benzene rings is 1. The van der Waals surface area contributed by atoms with Crippen LogP contribution < -0.4 is 0 Å². The van der Waals surface area contributed by atoms with Crippen molar-refractivity contribution >= 4 is 17.8 Å². The minimum atomic E-state index is -5.89. The Bertz CT molecular complexity index is 1260. The molecule has 38 heavy (non-hydrogen) atoms. The Morgan fingerprint density at radius 3 is 2.37 bits per heavy atom. The van der Waals surface area contributed by atoms with Crippen molar-refractivity contribution in [1.82, 2.24) is 0 Å². The van der Waals surface area contributed by atoms with E-state index < -0.39 is 47.3 Å². The van der Waals surface area contributed by atoms with E-state index >= 15 is 8.78 Å². The summed E-state index contributed by atoms with van der Waals surface area (Å²) in [5.41, 5.74) is -0.757. The fraction of sp³-hybridized carbons (Fsp3) is 0.517. The van der Waals surface area contributed by atoms with Crippen molar-refractivity contribution < 1.29 is 41.8 Å². The second kappa shape index (κ2) is 8.86. The van der Waals surface area contributed by atoms with Gasteiger partial charge in [-0.2, -0.15) is 22.0 Å². The zero-order valence-electron chi connectivity index (χ0n) is 20.8. The largest absolute Gasteiger partial charge is 0.478 e. The van der Waals surface area contributed by atoms with Gasteiger partial charge >= 0.3 is 18.1 Å². The Balaban J connectivity index is 1.65. The van der Waals surface area contributed by atoms with Gasteiger partial charge in [0.15, 0.2) is 5.78 Å². The molecule has 5 rings (SSSR count). The van der Waals surface area contributed by atoms with E-state index in [0.717, 1.165) is 22.8 Å². The van der Waals surface area contributed by atoms with E-state index in [1.807, 2.05) is 0 Å². The highest BCUT2D eigenvalue weighted by atomic mass is 19.4. The van der Waals surface area contributed by atoms with Crippen molar-refractivity contribution in [2.75, 3.05) is 0 Å². The maximum absolute atomic E-state index is 15.0. The van der Waals surface area contributed by atoms with Crippen LogP contribution in [0.15, 0.2) is 53.1 Å². The van der Waals surface area contributed by atoms with Crippen LogP contribution in [0.2, 0.25) is 0 Å². The zero-order valence-corrected chi connectivity index (χ0v) is 20.8. The molecule has 2 fully saturated rings. The van der Waals surface area contributed by atoms with E-state index in [1.54, 1.807) is 30.3 Å². The summed E-state index contributed by atoms with van der Waals surface area (Å²) in [6.07, 6.45) is -0.675. The van der Waals surface area contributed by atoms with Gasteiger partial charge in [-0.05, 0) is 84.8 Å². The summed E-state index contributed by atoms with van der Waals surface area (Å²) in [7, 11) is 0. The van der Waals surface area contributed by atoms with Crippen molar-refractivity contribution in [3.8, 4) is 0 Å². The van der Waals surface area contributed by atoms with Gasteiger partial charge in [-0.3, -0.25) is 4.79 Å². The van der Waals surface area contributed by atoms with Crippen LogP contribution in [-0.2, 0) is 9.59 Å². The van der Waals surface area contributed by atoms with E-state index in [0.29, 0.717) is 36.8 Å². The predicted octanol–water partition coefficient (Wildman–Crippen LogP) is 6.61. The average Bonchev–Trinajstić information content (AvgIpc) is 3.13. The molecule has 0 saturated heterocycles. The summed E-state index contributed by atoms with van der Waals surface area (Å²) in [5.74, 6) is -7.75. The van der Waals surface area contributed by atoms with E-state index in [1.165, 1.54) is 13.0 Å². The molecule has 4 aliphatic rings. The molecule has 2 N–H and O–H groups in total. The fourth-order valence-corrected chi connectivity index (χ4v) is 7.72. The number of carbonyl (C=O) groups is 2. The minimum Gasteiger partial charge on any atom is -0.478 e. The topological polar surface area (TPSA) is 74.6 Å².